The molecule has 1 N–H and O–H groups in total. The van der Waals surface area contributed by atoms with Crippen molar-refractivity contribution in [2.45, 2.75) is 31.7 Å². The molecule has 1 aromatic heterocycles. The van der Waals surface area contributed by atoms with Gasteiger partial charge in [0.05, 0.1) is 11.9 Å². The molecule has 0 radical (unpaired) electrons. The molecule has 1 saturated carbocycles. The van der Waals surface area contributed by atoms with Crippen LogP contribution in [0, 0.1) is 6.92 Å². The van der Waals surface area contributed by atoms with Crippen molar-refractivity contribution in [3.63, 3.8) is 0 Å². The van der Waals surface area contributed by atoms with Gasteiger partial charge in [-0.25, -0.2) is 4.98 Å². The molecule has 0 unspecified atom stereocenters. The highest BCUT2D eigenvalue weighted by atomic mass is 35.5. The third kappa shape index (κ3) is 2.90. The Kier molecular flexibility index (Phi) is 3.43. The number of nitrogens with one attached hydrogen (secondary N) is 1. The summed E-state index contributed by atoms with van der Waals surface area (Å²) in [4.78, 5) is 4.08. The van der Waals surface area contributed by atoms with Crippen molar-refractivity contribution in [3.8, 4) is 0 Å². The molecular weight excluding hydrogens is 256 g/mol. The Morgan fingerprint density at radius 2 is 2.05 bits per heavy atom. The number of nitrogens with zero attached hydrogens (tertiary/aromatic N) is 1. The predicted octanol–water partition coefficient (Wildman–Crippen LogP) is 4.40. The first-order chi connectivity index (χ1) is 9.20. The zero-order valence-corrected chi connectivity index (χ0v) is 11.7. The molecule has 0 saturated heterocycles. The van der Waals surface area contributed by atoms with Crippen molar-refractivity contribution >= 4 is 17.3 Å². The summed E-state index contributed by atoms with van der Waals surface area (Å²) in [5.74, 6) is 0.692. The van der Waals surface area contributed by atoms with Gasteiger partial charge in [0.1, 0.15) is 5.15 Å². The molecule has 0 atom stereocenters. The monoisotopic (exact) mass is 272 g/mol. The Labute approximate surface area is 118 Å². The van der Waals surface area contributed by atoms with Crippen LogP contribution in [0.25, 0.3) is 0 Å². The maximum Gasteiger partial charge on any atom is 0.129 e. The molecule has 3 heteroatoms. The lowest BCUT2D eigenvalue weighted by Crippen LogP contribution is -2.34. The second-order valence-corrected chi connectivity index (χ2v) is 5.68. The molecule has 1 aliphatic rings. The zero-order chi connectivity index (χ0) is 13.2. The van der Waals surface area contributed by atoms with Crippen LogP contribution < -0.4 is 5.32 Å². The summed E-state index contributed by atoms with van der Waals surface area (Å²) in [5, 5.41) is 4.04. The number of hydrogen-bond donors (Lipinski definition) is 1. The van der Waals surface area contributed by atoms with Gasteiger partial charge < -0.3 is 5.32 Å². The van der Waals surface area contributed by atoms with Crippen LogP contribution >= 0.6 is 11.6 Å². The molecule has 3 rings (SSSR count). The lowest BCUT2D eigenvalue weighted by molar-refractivity contribution is 0.374. The first-order valence-corrected chi connectivity index (χ1v) is 7.03. The van der Waals surface area contributed by atoms with Gasteiger partial charge in [0.15, 0.2) is 0 Å². The van der Waals surface area contributed by atoms with Gasteiger partial charge in [-0.3, -0.25) is 0 Å². The minimum atomic E-state index is 0.539. The molecule has 2 nitrogen and oxygen atoms in total. The Balaban J connectivity index is 1.57. The summed E-state index contributed by atoms with van der Waals surface area (Å²) in [6, 6.07) is 13.2. The number of rotatable bonds is 3. The molecule has 19 heavy (non-hydrogen) atoms. The maximum atomic E-state index is 5.78. The van der Waals surface area contributed by atoms with E-state index in [1.54, 1.807) is 6.20 Å². The fraction of sp³-hybridized carbons (Fsp3) is 0.312. The first kappa shape index (κ1) is 12.5. The fourth-order valence-electron chi connectivity index (χ4n) is 2.63. The number of pyridine rings is 1. The second kappa shape index (κ2) is 5.22. The van der Waals surface area contributed by atoms with Crippen molar-refractivity contribution in [3.05, 3.63) is 58.9 Å². The van der Waals surface area contributed by atoms with Gasteiger partial charge in [0, 0.05) is 6.04 Å². The normalized spacial score (nSPS) is 21.8. The van der Waals surface area contributed by atoms with Crippen LogP contribution in [0.1, 0.15) is 29.9 Å². The average molecular weight is 273 g/mol. The smallest absolute Gasteiger partial charge is 0.129 e. The van der Waals surface area contributed by atoms with E-state index in [0.717, 1.165) is 5.69 Å². The number of anilines is 1. The lowest BCUT2D eigenvalue weighted by Gasteiger charge is -2.37. The quantitative estimate of drug-likeness (QED) is 0.838. The fourth-order valence-corrected chi connectivity index (χ4v) is 2.74. The molecule has 2 aromatic rings. The summed E-state index contributed by atoms with van der Waals surface area (Å²) >= 11 is 5.78. The number of hydrogen-bond acceptors (Lipinski definition) is 2. The van der Waals surface area contributed by atoms with Gasteiger partial charge >= 0.3 is 0 Å². The Bertz CT molecular complexity index is 559. The zero-order valence-electron chi connectivity index (χ0n) is 10.9. The molecule has 0 aliphatic heterocycles. The summed E-state index contributed by atoms with van der Waals surface area (Å²) < 4.78 is 0. The Hall–Kier alpha value is -1.54. The summed E-state index contributed by atoms with van der Waals surface area (Å²) in [7, 11) is 0. The molecule has 1 aliphatic carbocycles. The van der Waals surface area contributed by atoms with E-state index in [-0.39, 0.29) is 0 Å². The minimum absolute atomic E-state index is 0.539. The first-order valence-electron chi connectivity index (χ1n) is 6.65. The highest BCUT2D eigenvalue weighted by Gasteiger charge is 2.30. The van der Waals surface area contributed by atoms with E-state index in [1.165, 1.54) is 24.0 Å². The van der Waals surface area contributed by atoms with E-state index in [2.05, 4.69) is 41.5 Å². The lowest BCUT2D eigenvalue weighted by atomic mass is 9.75. The third-order valence-corrected chi connectivity index (χ3v) is 3.97. The summed E-state index contributed by atoms with van der Waals surface area (Å²) in [6.45, 7) is 2.15. The van der Waals surface area contributed by atoms with Gasteiger partial charge in [-0.2, -0.15) is 0 Å². The third-order valence-electron chi connectivity index (χ3n) is 3.75. The Morgan fingerprint density at radius 1 is 1.21 bits per heavy atom. The number of aryl methyl sites for hydroxylation is 1. The molecular formula is C16H17ClN2. The topological polar surface area (TPSA) is 24.9 Å². The molecule has 0 bridgehead atoms. The highest BCUT2D eigenvalue weighted by Crippen LogP contribution is 2.38. The van der Waals surface area contributed by atoms with Crippen molar-refractivity contribution < 1.29 is 0 Å². The summed E-state index contributed by atoms with van der Waals surface area (Å²) in [5.41, 5.74) is 3.86. The standard InChI is InChI=1S/C16H17ClN2/c1-11-3-2-4-12(7-11)13-8-15(9-13)19-14-5-6-16(17)18-10-14/h2-7,10,13,15,19H,8-9H2,1H3. The van der Waals surface area contributed by atoms with Crippen LogP contribution in [-0.4, -0.2) is 11.0 Å². The van der Waals surface area contributed by atoms with Crippen LogP contribution in [0.3, 0.4) is 0 Å². The van der Waals surface area contributed by atoms with E-state index in [9.17, 15) is 0 Å². The SMILES string of the molecule is Cc1cccc(C2CC(Nc3ccc(Cl)nc3)C2)c1. The number of aromatic nitrogens is 1. The minimum Gasteiger partial charge on any atom is -0.381 e. The van der Waals surface area contributed by atoms with Gasteiger partial charge in [0.25, 0.3) is 0 Å². The van der Waals surface area contributed by atoms with E-state index < -0.39 is 0 Å². The van der Waals surface area contributed by atoms with E-state index >= 15 is 0 Å². The molecule has 1 heterocycles. The van der Waals surface area contributed by atoms with E-state index in [4.69, 9.17) is 11.6 Å². The van der Waals surface area contributed by atoms with Crippen molar-refractivity contribution in [2.75, 3.05) is 5.32 Å². The molecule has 98 valence electrons. The summed E-state index contributed by atoms with van der Waals surface area (Å²) in [6.07, 6.45) is 4.17. The second-order valence-electron chi connectivity index (χ2n) is 5.29. The van der Waals surface area contributed by atoms with Crippen LogP contribution in [-0.2, 0) is 0 Å². The van der Waals surface area contributed by atoms with E-state index in [1.807, 2.05) is 12.1 Å². The van der Waals surface area contributed by atoms with Crippen molar-refractivity contribution in [2.24, 2.45) is 0 Å². The number of benzene rings is 1. The largest absolute Gasteiger partial charge is 0.381 e. The molecule has 1 fully saturated rings. The predicted molar refractivity (Wildman–Crippen MR) is 79.8 cm³/mol. The Morgan fingerprint density at radius 3 is 2.74 bits per heavy atom. The highest BCUT2D eigenvalue weighted by molar-refractivity contribution is 6.29. The van der Waals surface area contributed by atoms with Crippen LogP contribution in [0.5, 0.6) is 0 Å². The molecule has 1 aromatic carbocycles. The van der Waals surface area contributed by atoms with E-state index in [0.29, 0.717) is 17.1 Å². The van der Waals surface area contributed by atoms with Gasteiger partial charge in [-0.1, -0.05) is 41.4 Å². The van der Waals surface area contributed by atoms with Gasteiger partial charge in [-0.05, 0) is 43.4 Å². The van der Waals surface area contributed by atoms with Crippen LogP contribution in [0.4, 0.5) is 5.69 Å². The molecule has 0 spiro atoms. The molecule has 0 amide bonds. The van der Waals surface area contributed by atoms with Gasteiger partial charge in [-0.15, -0.1) is 0 Å². The van der Waals surface area contributed by atoms with Crippen molar-refractivity contribution in [1.29, 1.82) is 0 Å². The van der Waals surface area contributed by atoms with Crippen LogP contribution in [0.15, 0.2) is 42.6 Å². The maximum absolute atomic E-state index is 5.78. The van der Waals surface area contributed by atoms with Crippen molar-refractivity contribution in [1.82, 2.24) is 4.98 Å². The average Bonchev–Trinajstić information content (AvgIpc) is 2.35. The van der Waals surface area contributed by atoms with Crippen LogP contribution in [0.2, 0.25) is 5.15 Å². The number of halogens is 1. The van der Waals surface area contributed by atoms with Gasteiger partial charge in [0.2, 0.25) is 0 Å².